The molecule has 0 radical (unpaired) electrons. The second-order valence-electron chi connectivity index (χ2n) is 6.39. The Labute approximate surface area is 125 Å². The molecule has 2 aromatic rings. The molecule has 0 aliphatic heterocycles. The Bertz CT molecular complexity index is 603. The van der Waals surface area contributed by atoms with Crippen molar-refractivity contribution < 1.29 is 4.39 Å². The van der Waals surface area contributed by atoms with Gasteiger partial charge in [0.05, 0.1) is 0 Å². The summed E-state index contributed by atoms with van der Waals surface area (Å²) in [5.74, 6) is 1.22. The van der Waals surface area contributed by atoms with Crippen molar-refractivity contribution in [1.29, 1.82) is 0 Å². The number of benzene rings is 2. The SMILES string of the molecule is Fc1ccc(C(NC2CC2c2ccccc2)C2CC2)cc1. The summed E-state index contributed by atoms with van der Waals surface area (Å²) in [5.41, 5.74) is 2.67. The Hall–Kier alpha value is -1.67. The molecule has 2 fully saturated rings. The van der Waals surface area contributed by atoms with E-state index < -0.39 is 0 Å². The van der Waals surface area contributed by atoms with Gasteiger partial charge in [0.15, 0.2) is 0 Å². The lowest BCUT2D eigenvalue weighted by Crippen LogP contribution is -2.26. The van der Waals surface area contributed by atoms with Crippen molar-refractivity contribution in [3.05, 3.63) is 71.5 Å². The highest BCUT2D eigenvalue weighted by atomic mass is 19.1. The van der Waals surface area contributed by atoms with Gasteiger partial charge in [-0.15, -0.1) is 0 Å². The molecular weight excluding hydrogens is 261 g/mol. The fraction of sp³-hybridized carbons (Fsp3) is 0.368. The topological polar surface area (TPSA) is 12.0 Å². The number of nitrogens with one attached hydrogen (secondary N) is 1. The van der Waals surface area contributed by atoms with E-state index in [1.807, 2.05) is 12.1 Å². The van der Waals surface area contributed by atoms with Crippen molar-refractivity contribution in [3.63, 3.8) is 0 Å². The smallest absolute Gasteiger partial charge is 0.123 e. The van der Waals surface area contributed by atoms with E-state index in [0.717, 1.165) is 5.92 Å². The summed E-state index contributed by atoms with van der Waals surface area (Å²) in [4.78, 5) is 0. The van der Waals surface area contributed by atoms with E-state index in [4.69, 9.17) is 0 Å². The lowest BCUT2D eigenvalue weighted by Gasteiger charge is -2.19. The van der Waals surface area contributed by atoms with Gasteiger partial charge in [-0.1, -0.05) is 42.5 Å². The van der Waals surface area contributed by atoms with Crippen molar-refractivity contribution in [1.82, 2.24) is 5.32 Å². The van der Waals surface area contributed by atoms with Gasteiger partial charge in [0.25, 0.3) is 0 Å². The van der Waals surface area contributed by atoms with E-state index in [1.54, 1.807) is 12.1 Å². The van der Waals surface area contributed by atoms with Crippen LogP contribution in [0.2, 0.25) is 0 Å². The molecule has 2 aliphatic rings. The molecule has 3 unspecified atom stereocenters. The van der Waals surface area contributed by atoms with Gasteiger partial charge in [-0.05, 0) is 48.4 Å². The zero-order chi connectivity index (χ0) is 14.2. The van der Waals surface area contributed by atoms with Gasteiger partial charge in [-0.2, -0.15) is 0 Å². The first-order valence-corrected chi connectivity index (χ1v) is 7.88. The molecule has 0 aromatic heterocycles. The first-order chi connectivity index (χ1) is 10.3. The van der Waals surface area contributed by atoms with E-state index in [1.165, 1.54) is 30.4 Å². The zero-order valence-corrected chi connectivity index (χ0v) is 12.0. The van der Waals surface area contributed by atoms with Crippen LogP contribution in [0, 0.1) is 11.7 Å². The lowest BCUT2D eigenvalue weighted by atomic mass is 10.0. The standard InChI is InChI=1S/C19H20FN/c20-16-10-8-15(9-11-16)19(14-6-7-14)21-18-12-17(18)13-4-2-1-3-5-13/h1-5,8-11,14,17-19,21H,6-7,12H2. The fourth-order valence-corrected chi connectivity index (χ4v) is 3.28. The van der Waals surface area contributed by atoms with Crippen LogP contribution < -0.4 is 5.32 Å². The van der Waals surface area contributed by atoms with Crippen LogP contribution in [0.15, 0.2) is 54.6 Å². The average Bonchev–Trinajstić information content (AvgIpc) is 3.41. The van der Waals surface area contributed by atoms with E-state index in [0.29, 0.717) is 18.0 Å². The zero-order valence-electron chi connectivity index (χ0n) is 12.0. The highest BCUT2D eigenvalue weighted by molar-refractivity contribution is 5.29. The van der Waals surface area contributed by atoms with E-state index in [9.17, 15) is 4.39 Å². The summed E-state index contributed by atoms with van der Waals surface area (Å²) in [6.45, 7) is 0. The van der Waals surface area contributed by atoms with E-state index in [-0.39, 0.29) is 5.82 Å². The molecule has 0 heterocycles. The Balaban J connectivity index is 1.46. The summed E-state index contributed by atoms with van der Waals surface area (Å²) in [6, 6.07) is 18.7. The van der Waals surface area contributed by atoms with Crippen molar-refractivity contribution in [2.24, 2.45) is 5.92 Å². The predicted octanol–water partition coefficient (Wildman–Crippen LogP) is 4.42. The minimum Gasteiger partial charge on any atom is -0.306 e. The summed E-state index contributed by atoms with van der Waals surface area (Å²) in [7, 11) is 0. The third-order valence-electron chi connectivity index (χ3n) is 4.73. The third kappa shape index (κ3) is 2.86. The van der Waals surface area contributed by atoms with Gasteiger partial charge < -0.3 is 5.32 Å². The average molecular weight is 281 g/mol. The van der Waals surface area contributed by atoms with Crippen LogP contribution in [-0.4, -0.2) is 6.04 Å². The molecule has 21 heavy (non-hydrogen) atoms. The maximum Gasteiger partial charge on any atom is 0.123 e. The molecule has 1 N–H and O–H groups in total. The summed E-state index contributed by atoms with van der Waals surface area (Å²) in [5, 5.41) is 3.81. The number of rotatable bonds is 5. The first kappa shape index (κ1) is 13.0. The fourth-order valence-electron chi connectivity index (χ4n) is 3.28. The van der Waals surface area contributed by atoms with Crippen LogP contribution in [0.5, 0.6) is 0 Å². The Kier molecular flexibility index (Phi) is 3.27. The normalized spacial score (nSPS) is 25.6. The molecule has 2 aliphatic carbocycles. The number of hydrogen-bond acceptors (Lipinski definition) is 1. The van der Waals surface area contributed by atoms with Gasteiger partial charge in [-0.25, -0.2) is 4.39 Å². The Morgan fingerprint density at radius 3 is 2.33 bits per heavy atom. The molecule has 0 saturated heterocycles. The molecular formula is C19H20FN. The van der Waals surface area contributed by atoms with Crippen LogP contribution in [0.1, 0.15) is 42.3 Å². The van der Waals surface area contributed by atoms with Gasteiger partial charge in [-0.3, -0.25) is 0 Å². The highest BCUT2D eigenvalue weighted by Crippen LogP contribution is 2.46. The molecule has 0 bridgehead atoms. The Morgan fingerprint density at radius 2 is 1.67 bits per heavy atom. The third-order valence-corrected chi connectivity index (χ3v) is 4.73. The number of halogens is 1. The summed E-state index contributed by atoms with van der Waals surface area (Å²) >= 11 is 0. The molecule has 2 saturated carbocycles. The maximum absolute atomic E-state index is 13.1. The van der Waals surface area contributed by atoms with Crippen LogP contribution in [0.3, 0.4) is 0 Å². The Morgan fingerprint density at radius 1 is 0.952 bits per heavy atom. The molecule has 1 nitrogen and oxygen atoms in total. The van der Waals surface area contributed by atoms with Crippen LogP contribution in [0.25, 0.3) is 0 Å². The molecule has 2 heteroatoms. The lowest BCUT2D eigenvalue weighted by molar-refractivity contribution is 0.472. The second-order valence-corrected chi connectivity index (χ2v) is 6.39. The van der Waals surface area contributed by atoms with Crippen molar-refractivity contribution in [3.8, 4) is 0 Å². The molecule has 3 atom stereocenters. The largest absolute Gasteiger partial charge is 0.306 e. The van der Waals surface area contributed by atoms with Crippen molar-refractivity contribution in [2.45, 2.75) is 37.3 Å². The quantitative estimate of drug-likeness (QED) is 0.855. The van der Waals surface area contributed by atoms with Gasteiger partial charge >= 0.3 is 0 Å². The van der Waals surface area contributed by atoms with Gasteiger partial charge in [0, 0.05) is 18.0 Å². The van der Waals surface area contributed by atoms with Crippen LogP contribution >= 0.6 is 0 Å². The predicted molar refractivity (Wildman–Crippen MR) is 82.6 cm³/mol. The minimum absolute atomic E-state index is 0.151. The first-order valence-electron chi connectivity index (χ1n) is 7.88. The molecule has 108 valence electrons. The summed E-state index contributed by atoms with van der Waals surface area (Å²) in [6.07, 6.45) is 3.80. The highest BCUT2D eigenvalue weighted by Gasteiger charge is 2.42. The molecule has 4 rings (SSSR count). The maximum atomic E-state index is 13.1. The minimum atomic E-state index is -0.151. The number of hydrogen-bond donors (Lipinski definition) is 1. The van der Waals surface area contributed by atoms with E-state index >= 15 is 0 Å². The second kappa shape index (κ2) is 5.27. The van der Waals surface area contributed by atoms with Gasteiger partial charge in [0.1, 0.15) is 5.82 Å². The molecule has 0 amide bonds. The van der Waals surface area contributed by atoms with Crippen molar-refractivity contribution in [2.75, 3.05) is 0 Å². The van der Waals surface area contributed by atoms with Gasteiger partial charge in [0.2, 0.25) is 0 Å². The monoisotopic (exact) mass is 281 g/mol. The van der Waals surface area contributed by atoms with Crippen LogP contribution in [-0.2, 0) is 0 Å². The van der Waals surface area contributed by atoms with E-state index in [2.05, 4.69) is 35.6 Å². The van der Waals surface area contributed by atoms with Crippen molar-refractivity contribution >= 4 is 0 Å². The molecule has 0 spiro atoms. The summed E-state index contributed by atoms with van der Waals surface area (Å²) < 4.78 is 13.1. The van der Waals surface area contributed by atoms with Crippen LogP contribution in [0.4, 0.5) is 4.39 Å². The molecule has 2 aromatic carbocycles.